The number of aliphatic carboxylic acids is 1. The van der Waals surface area contributed by atoms with Crippen molar-refractivity contribution < 1.29 is 19.5 Å². The maximum absolute atomic E-state index is 11.5. The Morgan fingerprint density at radius 2 is 1.85 bits per heavy atom. The van der Waals surface area contributed by atoms with E-state index in [9.17, 15) is 14.4 Å². The number of carbonyl (C=O) groups is 3. The van der Waals surface area contributed by atoms with Crippen LogP contribution in [0.2, 0.25) is 0 Å². The monoisotopic (exact) mass is 285 g/mol. The first-order valence-corrected chi connectivity index (χ1v) is 7.04. The molecule has 5 N–H and O–H groups in total. The zero-order valence-corrected chi connectivity index (χ0v) is 11.6. The van der Waals surface area contributed by atoms with Crippen LogP contribution >= 0.6 is 0 Å². The van der Waals surface area contributed by atoms with Crippen molar-refractivity contribution in [1.29, 1.82) is 0 Å². The number of nitrogens with one attached hydrogen (secondary N) is 2. The third-order valence-corrected chi connectivity index (χ3v) is 3.57. The van der Waals surface area contributed by atoms with Gasteiger partial charge in [-0.2, -0.15) is 0 Å². The summed E-state index contributed by atoms with van der Waals surface area (Å²) in [5.74, 6) is -1.39. The molecule has 0 unspecified atom stereocenters. The first-order valence-electron chi connectivity index (χ1n) is 7.04. The van der Waals surface area contributed by atoms with Gasteiger partial charge in [0.15, 0.2) is 0 Å². The van der Waals surface area contributed by atoms with Gasteiger partial charge in [0.1, 0.15) is 6.04 Å². The zero-order chi connectivity index (χ0) is 15.0. The second-order valence-corrected chi connectivity index (χ2v) is 5.25. The van der Waals surface area contributed by atoms with Crippen LogP contribution in [-0.2, 0) is 9.59 Å². The molecule has 0 aromatic carbocycles. The van der Waals surface area contributed by atoms with E-state index in [0.717, 1.165) is 6.42 Å². The van der Waals surface area contributed by atoms with Crippen molar-refractivity contribution in [2.75, 3.05) is 6.54 Å². The first-order chi connectivity index (χ1) is 9.49. The van der Waals surface area contributed by atoms with Crippen molar-refractivity contribution in [2.45, 2.75) is 51.0 Å². The molecule has 0 aromatic rings. The summed E-state index contributed by atoms with van der Waals surface area (Å²) in [4.78, 5) is 33.1. The van der Waals surface area contributed by atoms with E-state index in [-0.39, 0.29) is 0 Å². The molecule has 7 nitrogen and oxygen atoms in total. The Morgan fingerprint density at radius 3 is 2.40 bits per heavy atom. The summed E-state index contributed by atoms with van der Waals surface area (Å²) >= 11 is 0. The van der Waals surface area contributed by atoms with Crippen LogP contribution in [0, 0.1) is 5.92 Å². The summed E-state index contributed by atoms with van der Waals surface area (Å²) < 4.78 is 0. The number of primary amides is 1. The average molecular weight is 285 g/mol. The highest BCUT2D eigenvalue weighted by Gasteiger charge is 2.22. The zero-order valence-electron chi connectivity index (χ0n) is 11.6. The molecule has 0 saturated heterocycles. The van der Waals surface area contributed by atoms with Gasteiger partial charge in [0.05, 0.1) is 6.42 Å². The van der Waals surface area contributed by atoms with Crippen LogP contribution in [-0.4, -0.2) is 35.6 Å². The molecule has 1 fully saturated rings. The summed E-state index contributed by atoms with van der Waals surface area (Å²) in [5.41, 5.74) is 4.93. The largest absolute Gasteiger partial charge is 0.480 e. The molecule has 114 valence electrons. The summed E-state index contributed by atoms with van der Waals surface area (Å²) in [7, 11) is 0. The number of carboxylic acid groups (broad SMARTS) is 1. The van der Waals surface area contributed by atoms with Crippen molar-refractivity contribution in [3.05, 3.63) is 0 Å². The third kappa shape index (κ3) is 6.40. The quantitative estimate of drug-likeness (QED) is 0.546. The van der Waals surface area contributed by atoms with E-state index < -0.39 is 30.4 Å². The Kier molecular flexibility index (Phi) is 6.83. The molecule has 1 aliphatic carbocycles. The van der Waals surface area contributed by atoms with E-state index in [0.29, 0.717) is 12.5 Å². The Labute approximate surface area is 118 Å². The van der Waals surface area contributed by atoms with Crippen molar-refractivity contribution >= 4 is 17.9 Å². The molecule has 0 heterocycles. The Bertz CT molecular complexity index is 354. The number of hydrogen-bond acceptors (Lipinski definition) is 3. The van der Waals surface area contributed by atoms with Gasteiger partial charge in [-0.3, -0.25) is 4.79 Å². The molecular weight excluding hydrogens is 262 g/mol. The highest BCUT2D eigenvalue weighted by molar-refractivity contribution is 5.87. The van der Waals surface area contributed by atoms with E-state index in [1.165, 1.54) is 32.1 Å². The normalized spacial score (nSPS) is 17.2. The van der Waals surface area contributed by atoms with Crippen molar-refractivity contribution in [3.63, 3.8) is 0 Å². The Balaban J connectivity index is 2.23. The standard InChI is InChI=1S/C13H23N3O4/c14-11(17)8-10(12(18)19)16-13(20)15-7-6-9-4-2-1-3-5-9/h9-10H,1-8H2,(H2,14,17)(H,18,19)(H2,15,16,20)/t10-/m0/s1. The van der Waals surface area contributed by atoms with Crippen LogP contribution in [0.5, 0.6) is 0 Å². The van der Waals surface area contributed by atoms with Gasteiger partial charge in [0, 0.05) is 6.54 Å². The van der Waals surface area contributed by atoms with Gasteiger partial charge in [-0.1, -0.05) is 32.1 Å². The minimum absolute atomic E-state index is 0.411. The molecule has 1 saturated carbocycles. The summed E-state index contributed by atoms with van der Waals surface area (Å²) in [6.45, 7) is 0.513. The number of urea groups is 1. The van der Waals surface area contributed by atoms with Gasteiger partial charge in [-0.05, 0) is 12.3 Å². The average Bonchev–Trinajstić information content (AvgIpc) is 2.38. The molecule has 1 rings (SSSR count). The van der Waals surface area contributed by atoms with Crippen LogP contribution < -0.4 is 16.4 Å². The van der Waals surface area contributed by atoms with E-state index in [2.05, 4.69) is 10.6 Å². The molecular formula is C13H23N3O4. The topological polar surface area (TPSA) is 122 Å². The Hall–Kier alpha value is -1.79. The second kappa shape index (κ2) is 8.39. The van der Waals surface area contributed by atoms with Crippen LogP contribution in [0.15, 0.2) is 0 Å². The minimum atomic E-state index is -1.28. The third-order valence-electron chi connectivity index (χ3n) is 3.57. The molecule has 1 aliphatic rings. The summed E-state index contributed by atoms with van der Waals surface area (Å²) in [6.07, 6.45) is 6.67. The van der Waals surface area contributed by atoms with E-state index in [1.54, 1.807) is 0 Å². The molecule has 0 radical (unpaired) electrons. The van der Waals surface area contributed by atoms with Gasteiger partial charge in [-0.25, -0.2) is 9.59 Å². The highest BCUT2D eigenvalue weighted by Crippen LogP contribution is 2.25. The van der Waals surface area contributed by atoms with Crippen LogP contribution in [0.1, 0.15) is 44.9 Å². The molecule has 0 aromatic heterocycles. The molecule has 7 heteroatoms. The van der Waals surface area contributed by atoms with E-state index in [4.69, 9.17) is 10.8 Å². The number of hydrogen-bond donors (Lipinski definition) is 4. The first kappa shape index (κ1) is 16.3. The number of nitrogens with two attached hydrogens (primary N) is 1. The lowest BCUT2D eigenvalue weighted by atomic mass is 9.87. The van der Waals surface area contributed by atoms with E-state index >= 15 is 0 Å². The lowest BCUT2D eigenvalue weighted by Crippen LogP contribution is -2.48. The van der Waals surface area contributed by atoms with E-state index in [1.807, 2.05) is 0 Å². The maximum atomic E-state index is 11.5. The van der Waals surface area contributed by atoms with Crippen molar-refractivity contribution in [3.8, 4) is 0 Å². The second-order valence-electron chi connectivity index (χ2n) is 5.25. The van der Waals surface area contributed by atoms with Crippen molar-refractivity contribution in [2.24, 2.45) is 11.7 Å². The van der Waals surface area contributed by atoms with Crippen LogP contribution in [0.3, 0.4) is 0 Å². The van der Waals surface area contributed by atoms with Gasteiger partial charge >= 0.3 is 12.0 Å². The van der Waals surface area contributed by atoms with Gasteiger partial charge in [0.2, 0.25) is 5.91 Å². The molecule has 0 bridgehead atoms. The fourth-order valence-corrected chi connectivity index (χ4v) is 2.48. The summed E-state index contributed by atoms with van der Waals surface area (Å²) in [6, 6.07) is -1.85. The maximum Gasteiger partial charge on any atom is 0.326 e. The fourth-order valence-electron chi connectivity index (χ4n) is 2.48. The number of rotatable bonds is 7. The molecule has 0 spiro atoms. The minimum Gasteiger partial charge on any atom is -0.480 e. The van der Waals surface area contributed by atoms with Crippen LogP contribution in [0.25, 0.3) is 0 Å². The highest BCUT2D eigenvalue weighted by atomic mass is 16.4. The Morgan fingerprint density at radius 1 is 1.20 bits per heavy atom. The number of carboxylic acids is 1. The van der Waals surface area contributed by atoms with Gasteiger partial charge in [-0.15, -0.1) is 0 Å². The van der Waals surface area contributed by atoms with Crippen LogP contribution in [0.4, 0.5) is 4.79 Å². The fraction of sp³-hybridized carbons (Fsp3) is 0.769. The lowest BCUT2D eigenvalue weighted by molar-refractivity contribution is -0.140. The van der Waals surface area contributed by atoms with Gasteiger partial charge < -0.3 is 21.5 Å². The molecule has 20 heavy (non-hydrogen) atoms. The molecule has 0 aliphatic heterocycles. The predicted molar refractivity (Wildman–Crippen MR) is 73.0 cm³/mol. The van der Waals surface area contributed by atoms with Gasteiger partial charge in [0.25, 0.3) is 0 Å². The lowest BCUT2D eigenvalue weighted by Gasteiger charge is -2.21. The molecule has 3 amide bonds. The number of carbonyl (C=O) groups excluding carboxylic acids is 2. The predicted octanol–water partition coefficient (Wildman–Crippen LogP) is 0.585. The molecule has 1 atom stereocenters. The van der Waals surface area contributed by atoms with Crippen molar-refractivity contribution in [1.82, 2.24) is 10.6 Å². The summed E-state index contributed by atoms with van der Waals surface area (Å²) in [5, 5.41) is 13.7. The number of amides is 3. The smallest absolute Gasteiger partial charge is 0.326 e. The SMILES string of the molecule is NC(=O)C[C@H](NC(=O)NCCC1CCCCC1)C(=O)O.